The number of methoxy groups -OCH3 is 2. The van der Waals surface area contributed by atoms with Crippen molar-refractivity contribution < 1.29 is 58.4 Å². The summed E-state index contributed by atoms with van der Waals surface area (Å²) in [4.78, 5) is 12.3. The number of benzene rings is 2. The van der Waals surface area contributed by atoms with Crippen LogP contribution in [0.1, 0.15) is 17.3 Å². The van der Waals surface area contributed by atoms with E-state index in [-0.39, 0.29) is 42.0 Å². The Morgan fingerprint density at radius 2 is 1.82 bits per heavy atom. The second kappa shape index (κ2) is 18.6. The van der Waals surface area contributed by atoms with Gasteiger partial charge in [-0.2, -0.15) is 8.42 Å². The van der Waals surface area contributed by atoms with E-state index in [2.05, 4.69) is 27.2 Å². The molecule has 0 saturated carbocycles. The van der Waals surface area contributed by atoms with Crippen LogP contribution < -0.4 is 49.7 Å². The maximum Gasteiger partial charge on any atom is 1.00 e. The summed E-state index contributed by atoms with van der Waals surface area (Å²) in [5.41, 5.74) is 1.54. The molecule has 34 heavy (non-hydrogen) atoms. The second-order valence-corrected chi connectivity index (χ2v) is 7.64. The number of amides is 1. The maximum atomic E-state index is 12.3. The number of carbonyl (C=O) groups is 1. The average Bonchev–Trinajstić information content (AvgIpc) is 2.80. The van der Waals surface area contributed by atoms with E-state index in [0.717, 1.165) is 11.3 Å². The molecule has 1 amide bonds. The number of ether oxygens (including phenoxy) is 3. The van der Waals surface area contributed by atoms with Crippen molar-refractivity contribution >= 4 is 45.3 Å². The van der Waals surface area contributed by atoms with Crippen LogP contribution >= 0.6 is 23.8 Å². The molecular formula is C21H27ClN3NaO6S2. The van der Waals surface area contributed by atoms with Crippen molar-refractivity contribution in [3.8, 4) is 11.5 Å². The van der Waals surface area contributed by atoms with E-state index in [4.69, 9.17) is 25.8 Å². The molecule has 0 fully saturated rings. The quantitative estimate of drug-likeness (QED) is 0.260. The zero-order valence-electron chi connectivity index (χ0n) is 20.5. The summed E-state index contributed by atoms with van der Waals surface area (Å²) in [7, 11) is 2.24. The third-order valence-electron chi connectivity index (χ3n) is 3.96. The molecule has 0 heterocycles. The monoisotopic (exact) mass is 539 g/mol. The van der Waals surface area contributed by atoms with Crippen molar-refractivity contribution in [2.75, 3.05) is 41.0 Å². The number of nitrogens with zero attached hydrogens (tertiary/aromatic N) is 1. The summed E-state index contributed by atoms with van der Waals surface area (Å²) in [5, 5.41) is 5.71. The summed E-state index contributed by atoms with van der Waals surface area (Å²) < 4.78 is 37.9. The number of hydrogen-bond acceptors (Lipinski definition) is 7. The van der Waals surface area contributed by atoms with Crippen LogP contribution in [0.5, 0.6) is 11.5 Å². The Morgan fingerprint density at radius 3 is 2.35 bits per heavy atom. The molecule has 2 aromatic rings. The van der Waals surface area contributed by atoms with E-state index in [0.29, 0.717) is 42.5 Å². The second-order valence-electron chi connectivity index (χ2n) is 6.20. The Balaban J connectivity index is 0. The summed E-state index contributed by atoms with van der Waals surface area (Å²) in [6.45, 7) is 1.59. The predicted molar refractivity (Wildman–Crippen MR) is 132 cm³/mol. The van der Waals surface area contributed by atoms with Crippen molar-refractivity contribution in [1.82, 2.24) is 10.6 Å². The maximum absolute atomic E-state index is 12.3. The van der Waals surface area contributed by atoms with Gasteiger partial charge in [-0.25, -0.2) is 0 Å². The topological polar surface area (TPSA) is 115 Å². The smallest absolute Gasteiger partial charge is 1.00 e. The van der Waals surface area contributed by atoms with Crippen LogP contribution in [0.2, 0.25) is 5.02 Å². The van der Waals surface area contributed by atoms with Crippen molar-refractivity contribution in [1.29, 1.82) is 0 Å². The zero-order valence-corrected chi connectivity index (χ0v) is 23.8. The molecule has 0 aliphatic rings. The molecule has 182 valence electrons. The number of carbonyl (C=O) groups excluding carboxylic acids is 1. The van der Waals surface area contributed by atoms with Gasteiger partial charge in [-0.1, -0.05) is 23.7 Å². The number of nitrogens with one attached hydrogen (secondary N) is 2. The average molecular weight is 540 g/mol. The fourth-order valence-electron chi connectivity index (χ4n) is 2.38. The predicted octanol–water partition coefficient (Wildman–Crippen LogP) is 0.0162. The summed E-state index contributed by atoms with van der Waals surface area (Å²) >= 11 is 10.3. The van der Waals surface area contributed by atoms with Gasteiger partial charge in [0.1, 0.15) is 18.1 Å². The summed E-state index contributed by atoms with van der Waals surface area (Å²) in [5.74, 6) is 1.09. The zero-order chi connectivity index (χ0) is 24.6. The first-order valence-electron chi connectivity index (χ1n) is 9.66. The molecule has 0 aliphatic carbocycles. The fourth-order valence-corrected chi connectivity index (χ4v) is 2.96. The van der Waals surface area contributed by atoms with Crippen LogP contribution in [0.15, 0.2) is 46.8 Å². The Morgan fingerprint density at radius 1 is 1.15 bits per heavy atom. The van der Waals surface area contributed by atoms with Crippen LogP contribution in [-0.2, 0) is 21.7 Å². The largest absolute Gasteiger partial charge is 1.00 e. The molecule has 0 unspecified atom stereocenters. The molecular weight excluding hydrogens is 513 g/mol. The Labute approximate surface area is 235 Å². The van der Waals surface area contributed by atoms with E-state index in [1.165, 1.54) is 14.2 Å². The van der Waals surface area contributed by atoms with Crippen LogP contribution in [0.25, 0.3) is 0 Å². The molecule has 0 aliphatic heterocycles. The van der Waals surface area contributed by atoms with Gasteiger partial charge in [0.25, 0.3) is 5.91 Å². The summed E-state index contributed by atoms with van der Waals surface area (Å²) in [6, 6.07) is 12.7. The molecule has 2 N–H and O–H groups in total. The number of rotatable bonds is 9. The summed E-state index contributed by atoms with van der Waals surface area (Å²) in [6.07, 6.45) is 0.715. The van der Waals surface area contributed by atoms with E-state index in [1.54, 1.807) is 25.3 Å². The number of halogens is 1. The van der Waals surface area contributed by atoms with Gasteiger partial charge >= 0.3 is 40.1 Å². The van der Waals surface area contributed by atoms with Crippen molar-refractivity contribution in [3.63, 3.8) is 0 Å². The first-order chi connectivity index (χ1) is 15.8. The van der Waals surface area contributed by atoms with Gasteiger partial charge in [-0.05, 0) is 54.5 Å². The van der Waals surface area contributed by atoms with Gasteiger partial charge in [0.15, 0.2) is 0 Å². The number of thiocarbonyl (C=S) groups is 1. The molecule has 13 heteroatoms. The Kier molecular flexibility index (Phi) is 17.6. The van der Waals surface area contributed by atoms with Crippen molar-refractivity contribution in [2.24, 2.45) is 4.36 Å². The molecule has 0 spiro atoms. The molecule has 9 nitrogen and oxygen atoms in total. The Hall–Kier alpha value is -1.73. The van der Waals surface area contributed by atoms with Crippen LogP contribution in [0.3, 0.4) is 0 Å². The van der Waals surface area contributed by atoms with Crippen molar-refractivity contribution in [2.45, 2.75) is 6.42 Å². The fraction of sp³-hybridized carbons (Fsp3) is 0.333. The van der Waals surface area contributed by atoms with E-state index in [9.17, 15) is 13.2 Å². The van der Waals surface area contributed by atoms with Gasteiger partial charge in [0.2, 0.25) is 5.11 Å². The van der Waals surface area contributed by atoms with Gasteiger partial charge in [-0.3, -0.25) is 4.79 Å². The first kappa shape index (κ1) is 32.3. The molecule has 2 rings (SSSR count). The first-order valence-corrected chi connectivity index (χ1v) is 11.5. The number of hydrogen-bond donors (Lipinski definition) is 2. The van der Waals surface area contributed by atoms with E-state index >= 15 is 0 Å². The minimum Gasteiger partial charge on any atom is -1.00 e. The normalized spacial score (nSPS) is 9.41. The van der Waals surface area contributed by atoms with Gasteiger partial charge in [-0.15, -0.1) is 4.36 Å². The molecule has 0 radical (unpaired) electrons. The molecule has 0 aromatic heterocycles. The van der Waals surface area contributed by atoms with Crippen LogP contribution in [0.4, 0.5) is 0 Å². The Bertz CT molecular complexity index is 1050. The molecule has 0 bridgehead atoms. The van der Waals surface area contributed by atoms with Gasteiger partial charge in [0, 0.05) is 25.7 Å². The van der Waals surface area contributed by atoms with E-state index in [1.807, 2.05) is 24.3 Å². The minimum absolute atomic E-state index is 0. The molecule has 2 aromatic carbocycles. The minimum atomic E-state index is -2.42. The molecule has 0 saturated heterocycles. The standard InChI is InChI=1S/C19H22ClNO4.C2H4N2O2S2.Na.H/c1-23-11-12-25-16-6-3-14(4-7-16)9-10-21-19(22)17-13-15(20)5-8-18(17)24-2;1-3-2(7)4-8(5)6;;/h3-8,13H,9-12H2,1-2H3,(H,21,22);1H3,(H,3,7);;/q;;+1;-1. The van der Waals surface area contributed by atoms with Crippen LogP contribution in [-0.4, -0.2) is 60.5 Å². The van der Waals surface area contributed by atoms with Gasteiger partial charge < -0.3 is 26.3 Å². The third kappa shape index (κ3) is 13.2. The van der Waals surface area contributed by atoms with E-state index < -0.39 is 10.5 Å². The van der Waals surface area contributed by atoms with Gasteiger partial charge in [0.05, 0.1) is 19.3 Å². The van der Waals surface area contributed by atoms with Crippen LogP contribution in [0, 0.1) is 0 Å². The third-order valence-corrected chi connectivity index (χ3v) is 4.93. The SMILES string of the molecule is CNC(=S)N=S(=O)=O.COCCOc1ccc(CCNC(=O)c2cc(Cl)ccc2OC)cc1.[H-].[Na+]. The van der Waals surface area contributed by atoms with Crippen molar-refractivity contribution in [3.05, 3.63) is 58.6 Å². The molecule has 0 atom stereocenters.